The number of carbonyl (C=O) groups is 2. The van der Waals surface area contributed by atoms with Crippen LogP contribution in [0.5, 0.6) is 0 Å². The highest BCUT2D eigenvalue weighted by molar-refractivity contribution is 5.97. The van der Waals surface area contributed by atoms with Gasteiger partial charge in [-0.1, -0.05) is 24.3 Å². The second kappa shape index (κ2) is 5.79. The summed E-state index contributed by atoms with van der Waals surface area (Å²) in [6, 6.07) is 6.36. The van der Waals surface area contributed by atoms with Gasteiger partial charge in [0.2, 0.25) is 0 Å². The molecule has 0 fully saturated rings. The average Bonchev–Trinajstić information content (AvgIpc) is 2.35. The molecule has 5 heteroatoms. The van der Waals surface area contributed by atoms with Crippen molar-refractivity contribution in [3.63, 3.8) is 0 Å². The van der Waals surface area contributed by atoms with Gasteiger partial charge in [0.1, 0.15) is 6.61 Å². The van der Waals surface area contributed by atoms with Crippen LogP contribution in [-0.2, 0) is 4.79 Å². The lowest BCUT2D eigenvalue weighted by Gasteiger charge is -1.98. The van der Waals surface area contributed by atoms with Crippen molar-refractivity contribution in [1.82, 2.24) is 5.48 Å². The number of carbonyl (C=O) groups excluding carboxylic acids is 2. The molecule has 1 aromatic rings. The second-order valence-corrected chi connectivity index (χ2v) is 3.01. The number of amides is 1. The Labute approximate surface area is 92.0 Å². The summed E-state index contributed by atoms with van der Waals surface area (Å²) >= 11 is 0. The summed E-state index contributed by atoms with van der Waals surface area (Å²) in [6.45, 7) is -0.526. The van der Waals surface area contributed by atoms with Gasteiger partial charge >= 0.3 is 0 Å². The van der Waals surface area contributed by atoms with E-state index in [4.69, 9.17) is 10.3 Å². The van der Waals surface area contributed by atoms with E-state index in [0.717, 1.165) is 6.08 Å². The predicted octanol–water partition coefficient (Wildman–Crippen LogP) is 0.380. The maximum absolute atomic E-state index is 11.1. The van der Waals surface area contributed by atoms with Crippen molar-refractivity contribution in [2.45, 2.75) is 0 Å². The van der Waals surface area contributed by atoms with Gasteiger partial charge in [-0.2, -0.15) is 0 Å². The van der Waals surface area contributed by atoms with E-state index in [0.29, 0.717) is 11.1 Å². The van der Waals surface area contributed by atoms with Gasteiger partial charge in [0.25, 0.3) is 5.91 Å². The Balaban J connectivity index is 2.75. The number of hydroxylamine groups is 1. The van der Waals surface area contributed by atoms with Gasteiger partial charge in [-0.05, 0) is 11.6 Å². The fraction of sp³-hybridized carbons (Fsp3) is 0.0909. The molecule has 0 heterocycles. The van der Waals surface area contributed by atoms with E-state index in [1.807, 2.05) is 0 Å². The molecule has 0 atom stereocenters. The van der Waals surface area contributed by atoms with Crippen LogP contribution in [0.3, 0.4) is 0 Å². The van der Waals surface area contributed by atoms with E-state index in [2.05, 4.69) is 0 Å². The Hall–Kier alpha value is -1.98. The third-order valence-corrected chi connectivity index (χ3v) is 1.91. The number of rotatable bonds is 4. The number of aliphatic hydroxyl groups excluding tert-OH is 1. The maximum atomic E-state index is 11.1. The Bertz CT molecular complexity index is 408. The summed E-state index contributed by atoms with van der Waals surface area (Å²) in [6.07, 6.45) is 2.64. The van der Waals surface area contributed by atoms with Crippen molar-refractivity contribution in [3.05, 3.63) is 41.5 Å². The lowest BCUT2D eigenvalue weighted by Crippen LogP contribution is -2.14. The first kappa shape index (κ1) is 12.1. The van der Waals surface area contributed by atoms with Crippen LogP contribution in [0.1, 0.15) is 15.9 Å². The zero-order chi connectivity index (χ0) is 12.0. The van der Waals surface area contributed by atoms with E-state index in [9.17, 15) is 9.59 Å². The van der Waals surface area contributed by atoms with E-state index in [1.165, 1.54) is 11.6 Å². The predicted molar refractivity (Wildman–Crippen MR) is 56.8 cm³/mol. The summed E-state index contributed by atoms with van der Waals surface area (Å²) in [7, 11) is 0. The van der Waals surface area contributed by atoms with Crippen molar-refractivity contribution in [2.75, 3.05) is 6.61 Å². The normalized spacial score (nSPS) is 10.4. The summed E-state index contributed by atoms with van der Waals surface area (Å²) in [5.41, 5.74) is 2.58. The molecule has 1 amide bonds. The summed E-state index contributed by atoms with van der Waals surface area (Å²) < 4.78 is 0. The Morgan fingerprint density at radius 2 is 1.88 bits per heavy atom. The highest BCUT2D eigenvalue weighted by Crippen LogP contribution is 2.06. The van der Waals surface area contributed by atoms with Crippen LogP contribution >= 0.6 is 0 Å². The lowest BCUT2D eigenvalue weighted by atomic mass is 10.1. The first-order chi connectivity index (χ1) is 7.67. The summed E-state index contributed by atoms with van der Waals surface area (Å²) in [4.78, 5) is 21.7. The van der Waals surface area contributed by atoms with Gasteiger partial charge in [0.15, 0.2) is 5.78 Å². The second-order valence-electron chi connectivity index (χ2n) is 3.01. The van der Waals surface area contributed by atoms with Crippen LogP contribution in [0.25, 0.3) is 6.08 Å². The Morgan fingerprint density at radius 3 is 2.38 bits per heavy atom. The molecule has 5 nitrogen and oxygen atoms in total. The average molecular weight is 221 g/mol. The molecule has 0 saturated heterocycles. The van der Waals surface area contributed by atoms with E-state index in [-0.39, 0.29) is 5.78 Å². The SMILES string of the molecule is O=C(/C=C/c1ccc(C(=O)CO)cc1)NO. The minimum absolute atomic E-state index is 0.358. The molecule has 0 aliphatic carbocycles. The molecular formula is C11H11NO4. The molecule has 0 unspecified atom stereocenters. The topological polar surface area (TPSA) is 86.6 Å². The van der Waals surface area contributed by atoms with Crippen LogP contribution in [0.4, 0.5) is 0 Å². The van der Waals surface area contributed by atoms with Crippen molar-refractivity contribution >= 4 is 17.8 Å². The minimum atomic E-state index is -0.629. The number of benzene rings is 1. The molecule has 1 rings (SSSR count). The molecule has 0 radical (unpaired) electrons. The molecule has 1 aromatic carbocycles. The number of nitrogens with one attached hydrogen (secondary N) is 1. The molecule has 0 aliphatic rings. The number of Topliss-reactive ketones (excluding diaryl/α,β-unsaturated/α-hetero) is 1. The molecule has 84 valence electrons. The molecule has 16 heavy (non-hydrogen) atoms. The van der Waals surface area contributed by atoms with Gasteiger partial charge in [-0.3, -0.25) is 14.8 Å². The third-order valence-electron chi connectivity index (χ3n) is 1.91. The van der Waals surface area contributed by atoms with Gasteiger partial charge in [-0.25, -0.2) is 5.48 Å². The first-order valence-corrected chi connectivity index (χ1v) is 4.53. The van der Waals surface area contributed by atoms with Crippen molar-refractivity contribution in [1.29, 1.82) is 0 Å². The molecule has 0 saturated carbocycles. The fourth-order valence-corrected chi connectivity index (χ4v) is 1.08. The monoisotopic (exact) mass is 221 g/mol. The Morgan fingerprint density at radius 1 is 1.25 bits per heavy atom. The van der Waals surface area contributed by atoms with Gasteiger partial charge in [0.05, 0.1) is 0 Å². The van der Waals surface area contributed by atoms with Crippen LogP contribution in [-0.4, -0.2) is 28.6 Å². The molecule has 0 spiro atoms. The van der Waals surface area contributed by atoms with Gasteiger partial charge < -0.3 is 5.11 Å². The summed E-state index contributed by atoms with van der Waals surface area (Å²) in [5, 5.41) is 16.9. The minimum Gasteiger partial charge on any atom is -0.388 e. The third kappa shape index (κ3) is 3.30. The summed E-state index contributed by atoms with van der Waals surface area (Å²) in [5.74, 6) is -0.987. The molecule has 0 aliphatic heterocycles. The lowest BCUT2D eigenvalue weighted by molar-refractivity contribution is -0.124. The number of hydrogen-bond donors (Lipinski definition) is 3. The highest BCUT2D eigenvalue weighted by Gasteiger charge is 2.02. The standard InChI is InChI=1S/C11H11NO4/c13-7-10(14)9-4-1-8(2-5-9)3-6-11(15)12-16/h1-6,13,16H,7H2,(H,12,15)/b6-3+. The van der Waals surface area contributed by atoms with Crippen LogP contribution in [0.2, 0.25) is 0 Å². The van der Waals surface area contributed by atoms with Crippen LogP contribution in [0, 0.1) is 0 Å². The highest BCUT2D eigenvalue weighted by atomic mass is 16.5. The first-order valence-electron chi connectivity index (χ1n) is 4.53. The van der Waals surface area contributed by atoms with E-state index in [1.54, 1.807) is 24.3 Å². The van der Waals surface area contributed by atoms with Crippen LogP contribution in [0.15, 0.2) is 30.3 Å². The van der Waals surface area contributed by atoms with Gasteiger partial charge in [0, 0.05) is 11.6 Å². The quantitative estimate of drug-likeness (QED) is 0.297. The number of aliphatic hydroxyl groups is 1. The zero-order valence-corrected chi connectivity index (χ0v) is 8.38. The largest absolute Gasteiger partial charge is 0.388 e. The molecular weight excluding hydrogens is 210 g/mol. The van der Waals surface area contributed by atoms with E-state index >= 15 is 0 Å². The number of ketones is 1. The smallest absolute Gasteiger partial charge is 0.267 e. The molecule has 0 aromatic heterocycles. The fourth-order valence-electron chi connectivity index (χ4n) is 1.08. The number of hydrogen-bond acceptors (Lipinski definition) is 4. The zero-order valence-electron chi connectivity index (χ0n) is 8.38. The Kier molecular flexibility index (Phi) is 4.38. The maximum Gasteiger partial charge on any atom is 0.267 e. The van der Waals surface area contributed by atoms with Gasteiger partial charge in [-0.15, -0.1) is 0 Å². The van der Waals surface area contributed by atoms with Crippen molar-refractivity contribution < 1.29 is 19.9 Å². The van der Waals surface area contributed by atoms with E-state index < -0.39 is 12.5 Å². The van der Waals surface area contributed by atoms with Crippen LogP contribution < -0.4 is 5.48 Å². The van der Waals surface area contributed by atoms with Crippen molar-refractivity contribution in [2.24, 2.45) is 0 Å². The van der Waals surface area contributed by atoms with Crippen molar-refractivity contribution in [3.8, 4) is 0 Å². The molecule has 3 N–H and O–H groups in total. The molecule has 0 bridgehead atoms.